The van der Waals surface area contributed by atoms with Crippen LogP contribution in [0.25, 0.3) is 0 Å². The van der Waals surface area contributed by atoms with Crippen LogP contribution in [0.2, 0.25) is 0 Å². The summed E-state index contributed by atoms with van der Waals surface area (Å²) < 4.78 is 1.05. The minimum atomic E-state index is 0.567. The van der Waals surface area contributed by atoms with E-state index >= 15 is 0 Å². The van der Waals surface area contributed by atoms with Gasteiger partial charge in [-0.2, -0.15) is 0 Å². The third-order valence-corrected chi connectivity index (χ3v) is 3.42. The van der Waals surface area contributed by atoms with Gasteiger partial charge in [0.2, 0.25) is 0 Å². The highest BCUT2D eigenvalue weighted by molar-refractivity contribution is 9.10. The Morgan fingerprint density at radius 2 is 2.13 bits per heavy atom. The number of halogens is 1. The van der Waals surface area contributed by atoms with E-state index in [1.807, 2.05) is 12.1 Å². The van der Waals surface area contributed by atoms with Gasteiger partial charge in [-0.05, 0) is 42.0 Å². The molecule has 1 fully saturated rings. The molecule has 0 aliphatic heterocycles. The second-order valence-electron chi connectivity index (χ2n) is 4.81. The number of nitrogens with one attached hydrogen (secondary N) is 1. The van der Waals surface area contributed by atoms with Gasteiger partial charge in [-0.25, -0.2) is 0 Å². The molecule has 1 saturated carbocycles. The predicted octanol–water partition coefficient (Wildman–Crippen LogP) is 2.92. The Labute approximate surface area is 99.4 Å². The molecule has 1 aliphatic rings. The SMILES string of the molecule is CC1(CNCc2cc(N)cc(Br)c2)CC1. The van der Waals surface area contributed by atoms with Crippen molar-refractivity contribution in [1.82, 2.24) is 5.32 Å². The number of hydrogen-bond acceptors (Lipinski definition) is 2. The highest BCUT2D eigenvalue weighted by Gasteiger charge is 2.36. The largest absolute Gasteiger partial charge is 0.399 e. The number of nitrogens with two attached hydrogens (primary N) is 1. The lowest BCUT2D eigenvalue weighted by Gasteiger charge is -2.10. The molecule has 3 heteroatoms. The van der Waals surface area contributed by atoms with Gasteiger partial charge in [0.1, 0.15) is 0 Å². The highest BCUT2D eigenvalue weighted by atomic mass is 79.9. The fourth-order valence-electron chi connectivity index (χ4n) is 1.68. The molecule has 0 radical (unpaired) electrons. The Balaban J connectivity index is 1.87. The lowest BCUT2D eigenvalue weighted by atomic mass is 10.1. The maximum Gasteiger partial charge on any atom is 0.0328 e. The summed E-state index contributed by atoms with van der Waals surface area (Å²) >= 11 is 3.45. The molecule has 0 spiro atoms. The Kier molecular flexibility index (Phi) is 3.03. The van der Waals surface area contributed by atoms with Crippen LogP contribution in [-0.2, 0) is 6.54 Å². The Bertz CT molecular complexity index is 338. The van der Waals surface area contributed by atoms with Crippen molar-refractivity contribution in [2.75, 3.05) is 12.3 Å². The first-order valence-electron chi connectivity index (χ1n) is 5.33. The average Bonchev–Trinajstić information content (AvgIpc) is 2.82. The van der Waals surface area contributed by atoms with E-state index in [4.69, 9.17) is 5.73 Å². The molecule has 0 unspecified atom stereocenters. The van der Waals surface area contributed by atoms with Crippen molar-refractivity contribution in [3.05, 3.63) is 28.2 Å². The quantitative estimate of drug-likeness (QED) is 0.825. The van der Waals surface area contributed by atoms with Gasteiger partial charge in [-0.3, -0.25) is 0 Å². The van der Waals surface area contributed by atoms with Gasteiger partial charge in [0.05, 0.1) is 0 Å². The summed E-state index contributed by atoms with van der Waals surface area (Å²) in [7, 11) is 0. The number of nitrogen functional groups attached to an aromatic ring is 1. The zero-order valence-electron chi connectivity index (χ0n) is 9.02. The maximum atomic E-state index is 5.77. The first-order chi connectivity index (χ1) is 7.07. The van der Waals surface area contributed by atoms with Crippen LogP contribution in [0.5, 0.6) is 0 Å². The molecule has 15 heavy (non-hydrogen) atoms. The van der Waals surface area contributed by atoms with E-state index in [1.165, 1.54) is 18.4 Å². The van der Waals surface area contributed by atoms with Gasteiger partial charge in [0.25, 0.3) is 0 Å². The van der Waals surface area contributed by atoms with E-state index in [1.54, 1.807) is 0 Å². The van der Waals surface area contributed by atoms with Crippen molar-refractivity contribution >= 4 is 21.6 Å². The number of rotatable bonds is 4. The molecule has 2 rings (SSSR count). The lowest BCUT2D eigenvalue weighted by molar-refractivity contribution is 0.499. The Morgan fingerprint density at radius 3 is 2.73 bits per heavy atom. The molecule has 0 amide bonds. The Hall–Kier alpha value is -0.540. The summed E-state index contributed by atoms with van der Waals surface area (Å²) in [4.78, 5) is 0. The van der Waals surface area contributed by atoms with Crippen LogP contribution in [0.3, 0.4) is 0 Å². The van der Waals surface area contributed by atoms with E-state index in [2.05, 4.69) is 34.2 Å². The molecule has 1 aromatic rings. The van der Waals surface area contributed by atoms with E-state index in [9.17, 15) is 0 Å². The first-order valence-corrected chi connectivity index (χ1v) is 6.12. The molecule has 0 heterocycles. The fraction of sp³-hybridized carbons (Fsp3) is 0.500. The summed E-state index contributed by atoms with van der Waals surface area (Å²) in [6.45, 7) is 4.34. The lowest BCUT2D eigenvalue weighted by Crippen LogP contribution is -2.21. The highest BCUT2D eigenvalue weighted by Crippen LogP contribution is 2.44. The van der Waals surface area contributed by atoms with E-state index < -0.39 is 0 Å². The van der Waals surface area contributed by atoms with Crippen LogP contribution in [-0.4, -0.2) is 6.54 Å². The van der Waals surface area contributed by atoms with Crippen LogP contribution in [0.4, 0.5) is 5.69 Å². The van der Waals surface area contributed by atoms with Gasteiger partial charge in [-0.1, -0.05) is 22.9 Å². The third-order valence-electron chi connectivity index (χ3n) is 2.96. The first kappa shape index (κ1) is 11.0. The van der Waals surface area contributed by atoms with E-state index in [0.717, 1.165) is 23.2 Å². The third kappa shape index (κ3) is 3.21. The molecular weight excluding hydrogens is 252 g/mol. The molecule has 0 bridgehead atoms. The number of benzene rings is 1. The van der Waals surface area contributed by atoms with Crippen molar-refractivity contribution in [3.8, 4) is 0 Å². The zero-order valence-corrected chi connectivity index (χ0v) is 10.6. The molecule has 1 aliphatic carbocycles. The van der Waals surface area contributed by atoms with Gasteiger partial charge in [0, 0.05) is 23.2 Å². The molecule has 3 N–H and O–H groups in total. The minimum absolute atomic E-state index is 0.567. The monoisotopic (exact) mass is 268 g/mol. The summed E-state index contributed by atoms with van der Waals surface area (Å²) in [5, 5.41) is 3.48. The molecular formula is C12H17BrN2. The second-order valence-corrected chi connectivity index (χ2v) is 5.72. The standard InChI is InChI=1S/C12H17BrN2/c1-12(2-3-12)8-15-7-9-4-10(13)6-11(14)5-9/h4-6,15H,2-3,7-8,14H2,1H3. The van der Waals surface area contributed by atoms with Gasteiger partial charge >= 0.3 is 0 Å². The van der Waals surface area contributed by atoms with Crippen molar-refractivity contribution in [2.24, 2.45) is 5.41 Å². The average molecular weight is 269 g/mol. The zero-order chi connectivity index (χ0) is 10.9. The molecule has 0 saturated heterocycles. The molecule has 0 atom stereocenters. The second kappa shape index (κ2) is 4.14. The number of anilines is 1. The molecule has 1 aromatic carbocycles. The molecule has 2 nitrogen and oxygen atoms in total. The Morgan fingerprint density at radius 1 is 1.40 bits per heavy atom. The predicted molar refractivity (Wildman–Crippen MR) is 67.6 cm³/mol. The fourth-order valence-corrected chi connectivity index (χ4v) is 2.23. The minimum Gasteiger partial charge on any atom is -0.399 e. The summed E-state index contributed by atoms with van der Waals surface area (Å²) in [6, 6.07) is 6.05. The summed E-state index contributed by atoms with van der Waals surface area (Å²) in [6.07, 6.45) is 2.72. The van der Waals surface area contributed by atoms with Gasteiger partial charge < -0.3 is 11.1 Å². The number of hydrogen-bond donors (Lipinski definition) is 2. The van der Waals surface area contributed by atoms with Gasteiger partial charge in [0.15, 0.2) is 0 Å². The van der Waals surface area contributed by atoms with Crippen LogP contribution in [0.15, 0.2) is 22.7 Å². The van der Waals surface area contributed by atoms with Crippen LogP contribution in [0, 0.1) is 5.41 Å². The molecule has 82 valence electrons. The van der Waals surface area contributed by atoms with Gasteiger partial charge in [-0.15, -0.1) is 0 Å². The van der Waals surface area contributed by atoms with Crippen molar-refractivity contribution in [3.63, 3.8) is 0 Å². The van der Waals surface area contributed by atoms with Crippen molar-refractivity contribution in [1.29, 1.82) is 0 Å². The summed E-state index contributed by atoms with van der Waals surface area (Å²) in [5.74, 6) is 0. The van der Waals surface area contributed by atoms with Crippen molar-refractivity contribution < 1.29 is 0 Å². The van der Waals surface area contributed by atoms with Crippen LogP contribution >= 0.6 is 15.9 Å². The molecule has 0 aromatic heterocycles. The van der Waals surface area contributed by atoms with Crippen molar-refractivity contribution in [2.45, 2.75) is 26.3 Å². The van der Waals surface area contributed by atoms with E-state index in [0.29, 0.717) is 5.41 Å². The normalized spacial score (nSPS) is 17.7. The topological polar surface area (TPSA) is 38.0 Å². The van der Waals surface area contributed by atoms with Crippen LogP contribution < -0.4 is 11.1 Å². The summed E-state index contributed by atoms with van der Waals surface area (Å²) in [5.41, 5.74) is 8.40. The van der Waals surface area contributed by atoms with E-state index in [-0.39, 0.29) is 0 Å². The smallest absolute Gasteiger partial charge is 0.0328 e. The van der Waals surface area contributed by atoms with Crippen LogP contribution in [0.1, 0.15) is 25.3 Å². The maximum absolute atomic E-state index is 5.77.